The number of alkyl halides is 3. The van der Waals surface area contributed by atoms with Crippen molar-refractivity contribution in [3.05, 3.63) is 17.8 Å². The number of carbonyl (C=O) groups is 1. The number of halogens is 3. The number of hydrogen-bond acceptors (Lipinski definition) is 5. The second kappa shape index (κ2) is 5.11. The number of methoxy groups -OCH3 is 1. The standard InChI is InChI=1S/C10H11F3N2O3/c1-5(10(11,12)13)18-8-7(14)6(3-4-15-8)9(16)17-2/h3-5H,14H2,1-2H3. The fourth-order valence-electron chi connectivity index (χ4n) is 1.07. The van der Waals surface area contributed by atoms with Gasteiger partial charge < -0.3 is 15.2 Å². The van der Waals surface area contributed by atoms with E-state index >= 15 is 0 Å². The quantitative estimate of drug-likeness (QED) is 0.842. The Bertz CT molecular complexity index is 448. The Kier molecular flexibility index (Phi) is 4.00. The lowest BCUT2D eigenvalue weighted by Crippen LogP contribution is -2.31. The van der Waals surface area contributed by atoms with E-state index < -0.39 is 24.1 Å². The topological polar surface area (TPSA) is 74.4 Å². The highest BCUT2D eigenvalue weighted by Gasteiger charge is 2.38. The first-order chi connectivity index (χ1) is 8.27. The molecule has 1 rings (SSSR count). The van der Waals surface area contributed by atoms with Crippen molar-refractivity contribution < 1.29 is 27.4 Å². The summed E-state index contributed by atoms with van der Waals surface area (Å²) in [7, 11) is 1.13. The minimum atomic E-state index is -4.55. The number of pyridine rings is 1. The van der Waals surface area contributed by atoms with Gasteiger partial charge in [0.25, 0.3) is 0 Å². The lowest BCUT2D eigenvalue weighted by Gasteiger charge is -2.18. The van der Waals surface area contributed by atoms with Crippen LogP contribution in [0.25, 0.3) is 0 Å². The number of esters is 1. The third-order valence-electron chi connectivity index (χ3n) is 2.11. The Balaban J connectivity index is 3.01. The van der Waals surface area contributed by atoms with E-state index in [4.69, 9.17) is 5.73 Å². The second-order valence-corrected chi connectivity index (χ2v) is 3.37. The smallest absolute Gasteiger partial charge is 0.425 e. The number of aromatic nitrogens is 1. The number of carbonyl (C=O) groups excluding carboxylic acids is 1. The van der Waals surface area contributed by atoms with Crippen LogP contribution in [-0.2, 0) is 4.74 Å². The highest BCUT2D eigenvalue weighted by molar-refractivity contribution is 5.95. The third kappa shape index (κ3) is 3.02. The Labute approximate surface area is 101 Å². The van der Waals surface area contributed by atoms with Crippen LogP contribution in [0.15, 0.2) is 12.3 Å². The molecule has 0 saturated heterocycles. The first kappa shape index (κ1) is 14.1. The van der Waals surface area contributed by atoms with E-state index in [-0.39, 0.29) is 11.3 Å². The summed E-state index contributed by atoms with van der Waals surface area (Å²) in [6.07, 6.45) is -5.52. The van der Waals surface area contributed by atoms with Crippen molar-refractivity contribution in [1.29, 1.82) is 0 Å². The van der Waals surface area contributed by atoms with E-state index in [1.807, 2.05) is 0 Å². The fourth-order valence-corrected chi connectivity index (χ4v) is 1.07. The fraction of sp³-hybridized carbons (Fsp3) is 0.400. The second-order valence-electron chi connectivity index (χ2n) is 3.37. The maximum Gasteiger partial charge on any atom is 0.425 e. The Hall–Kier alpha value is -1.99. The summed E-state index contributed by atoms with van der Waals surface area (Å²) < 4.78 is 45.9. The lowest BCUT2D eigenvalue weighted by atomic mass is 10.2. The molecule has 0 aliphatic rings. The van der Waals surface area contributed by atoms with Gasteiger partial charge in [-0.15, -0.1) is 0 Å². The minimum absolute atomic E-state index is 0.100. The summed E-state index contributed by atoms with van der Waals surface area (Å²) in [4.78, 5) is 14.8. The summed E-state index contributed by atoms with van der Waals surface area (Å²) >= 11 is 0. The summed E-state index contributed by atoms with van der Waals surface area (Å²) in [6, 6.07) is 1.23. The van der Waals surface area contributed by atoms with Crippen molar-refractivity contribution >= 4 is 11.7 Å². The summed E-state index contributed by atoms with van der Waals surface area (Å²) in [5.74, 6) is -1.23. The van der Waals surface area contributed by atoms with Gasteiger partial charge in [-0.25, -0.2) is 9.78 Å². The van der Waals surface area contributed by atoms with Gasteiger partial charge in [0.05, 0.1) is 12.7 Å². The summed E-state index contributed by atoms with van der Waals surface area (Å²) in [5, 5.41) is 0. The van der Waals surface area contributed by atoms with Gasteiger partial charge >= 0.3 is 12.1 Å². The van der Waals surface area contributed by atoms with Crippen molar-refractivity contribution in [1.82, 2.24) is 4.98 Å². The van der Waals surface area contributed by atoms with Crippen LogP contribution >= 0.6 is 0 Å². The molecule has 0 aliphatic heterocycles. The lowest BCUT2D eigenvalue weighted by molar-refractivity contribution is -0.189. The normalized spacial score (nSPS) is 12.9. The molecule has 0 spiro atoms. The van der Waals surface area contributed by atoms with Crippen LogP contribution in [-0.4, -0.2) is 30.3 Å². The van der Waals surface area contributed by atoms with Gasteiger partial charge in [0.15, 0.2) is 6.10 Å². The molecule has 1 aromatic heterocycles. The molecule has 0 aromatic carbocycles. The zero-order chi connectivity index (χ0) is 13.9. The van der Waals surface area contributed by atoms with Crippen LogP contribution in [0, 0.1) is 0 Å². The van der Waals surface area contributed by atoms with E-state index in [2.05, 4.69) is 14.5 Å². The molecule has 8 heteroatoms. The van der Waals surface area contributed by atoms with Gasteiger partial charge in [-0.2, -0.15) is 13.2 Å². The molecule has 0 amide bonds. The van der Waals surface area contributed by atoms with Crippen LogP contribution in [0.1, 0.15) is 17.3 Å². The van der Waals surface area contributed by atoms with E-state index in [1.54, 1.807) is 0 Å². The molecule has 1 heterocycles. The van der Waals surface area contributed by atoms with Crippen LogP contribution < -0.4 is 10.5 Å². The molecular weight excluding hydrogens is 253 g/mol. The third-order valence-corrected chi connectivity index (χ3v) is 2.11. The van der Waals surface area contributed by atoms with Crippen LogP contribution in [0.5, 0.6) is 5.88 Å². The van der Waals surface area contributed by atoms with Crippen LogP contribution in [0.4, 0.5) is 18.9 Å². The highest BCUT2D eigenvalue weighted by Crippen LogP contribution is 2.28. The first-order valence-electron chi connectivity index (χ1n) is 4.83. The summed E-state index contributed by atoms with van der Waals surface area (Å²) in [5.41, 5.74) is 5.10. The largest absolute Gasteiger partial charge is 0.465 e. The van der Waals surface area contributed by atoms with Gasteiger partial charge in [-0.3, -0.25) is 0 Å². The summed E-state index contributed by atoms with van der Waals surface area (Å²) in [6.45, 7) is 0.811. The number of rotatable bonds is 3. The van der Waals surface area contributed by atoms with Crippen molar-refractivity contribution in [3.63, 3.8) is 0 Å². The van der Waals surface area contributed by atoms with Crippen molar-refractivity contribution in [3.8, 4) is 5.88 Å². The predicted molar refractivity (Wildman–Crippen MR) is 56.1 cm³/mol. The van der Waals surface area contributed by atoms with Crippen molar-refractivity contribution in [2.45, 2.75) is 19.2 Å². The first-order valence-corrected chi connectivity index (χ1v) is 4.83. The van der Waals surface area contributed by atoms with Gasteiger partial charge in [0.2, 0.25) is 5.88 Å². The molecule has 5 nitrogen and oxygen atoms in total. The van der Waals surface area contributed by atoms with Crippen LogP contribution in [0.3, 0.4) is 0 Å². The average molecular weight is 264 g/mol. The SMILES string of the molecule is COC(=O)c1ccnc(OC(C)C(F)(F)F)c1N. The predicted octanol–water partition coefficient (Wildman–Crippen LogP) is 1.78. The van der Waals surface area contributed by atoms with E-state index in [9.17, 15) is 18.0 Å². The molecule has 0 bridgehead atoms. The molecular formula is C10H11F3N2O3. The number of ether oxygens (including phenoxy) is 2. The molecule has 1 unspecified atom stereocenters. The van der Waals surface area contributed by atoms with Gasteiger partial charge in [0, 0.05) is 6.20 Å². The van der Waals surface area contributed by atoms with Gasteiger partial charge in [-0.1, -0.05) is 0 Å². The van der Waals surface area contributed by atoms with E-state index in [0.717, 1.165) is 20.2 Å². The van der Waals surface area contributed by atoms with Crippen molar-refractivity contribution in [2.75, 3.05) is 12.8 Å². The Morgan fingerprint density at radius 3 is 2.61 bits per heavy atom. The maximum absolute atomic E-state index is 12.3. The molecule has 0 aliphatic carbocycles. The number of nitrogen functional groups attached to an aromatic ring is 1. The molecule has 1 atom stereocenters. The number of nitrogens with zero attached hydrogens (tertiary/aromatic N) is 1. The van der Waals surface area contributed by atoms with E-state index in [0.29, 0.717) is 0 Å². The number of anilines is 1. The highest BCUT2D eigenvalue weighted by atomic mass is 19.4. The van der Waals surface area contributed by atoms with E-state index in [1.165, 1.54) is 6.07 Å². The monoisotopic (exact) mass is 264 g/mol. The molecule has 2 N–H and O–H groups in total. The molecule has 18 heavy (non-hydrogen) atoms. The average Bonchev–Trinajstić information content (AvgIpc) is 2.29. The molecule has 100 valence electrons. The molecule has 0 fully saturated rings. The molecule has 0 saturated carbocycles. The molecule has 0 radical (unpaired) electrons. The van der Waals surface area contributed by atoms with Crippen molar-refractivity contribution in [2.24, 2.45) is 0 Å². The number of nitrogens with two attached hydrogens (primary N) is 1. The van der Waals surface area contributed by atoms with Gasteiger partial charge in [-0.05, 0) is 13.0 Å². The number of hydrogen-bond donors (Lipinski definition) is 1. The zero-order valence-corrected chi connectivity index (χ0v) is 9.62. The maximum atomic E-state index is 12.3. The minimum Gasteiger partial charge on any atom is -0.465 e. The zero-order valence-electron chi connectivity index (χ0n) is 9.62. The van der Waals surface area contributed by atoms with Gasteiger partial charge in [0.1, 0.15) is 5.69 Å². The Morgan fingerprint density at radius 2 is 2.11 bits per heavy atom. The Morgan fingerprint density at radius 1 is 1.50 bits per heavy atom. The molecule has 1 aromatic rings. The van der Waals surface area contributed by atoms with Crippen LogP contribution in [0.2, 0.25) is 0 Å².